The van der Waals surface area contributed by atoms with Gasteiger partial charge in [0.1, 0.15) is 11.6 Å². The minimum atomic E-state index is -0.519. The number of aromatic nitrogens is 2. The van der Waals surface area contributed by atoms with Crippen LogP contribution in [-0.2, 0) is 0 Å². The number of H-pyrrole nitrogens is 1. The summed E-state index contributed by atoms with van der Waals surface area (Å²) in [5, 5.41) is 13.4. The maximum Gasteiger partial charge on any atom is 0.270 e. The minimum absolute atomic E-state index is 0.0360. The lowest BCUT2D eigenvalue weighted by atomic mass is 10.1. The lowest BCUT2D eigenvalue weighted by Gasteiger charge is -2.06. The van der Waals surface area contributed by atoms with Gasteiger partial charge in [0.05, 0.1) is 11.9 Å². The highest BCUT2D eigenvalue weighted by Gasteiger charge is 2.12. The van der Waals surface area contributed by atoms with Gasteiger partial charge in [0.15, 0.2) is 0 Å². The van der Waals surface area contributed by atoms with Gasteiger partial charge >= 0.3 is 0 Å². The molecule has 26 heavy (non-hydrogen) atoms. The highest BCUT2D eigenvalue weighted by atomic mass is 127. The SMILES string of the molecule is N#Cc1c(-c2ccccc2)nc(NN=Cc2c(Br)cccc2I)[nH]c1=O. The number of benzene rings is 2. The van der Waals surface area contributed by atoms with Gasteiger partial charge in [-0.3, -0.25) is 9.78 Å². The molecule has 2 aromatic carbocycles. The van der Waals surface area contributed by atoms with Crippen molar-refractivity contribution in [1.29, 1.82) is 5.26 Å². The topological polar surface area (TPSA) is 93.9 Å². The van der Waals surface area contributed by atoms with E-state index < -0.39 is 5.56 Å². The van der Waals surface area contributed by atoms with Gasteiger partial charge < -0.3 is 0 Å². The Balaban J connectivity index is 1.95. The smallest absolute Gasteiger partial charge is 0.270 e. The van der Waals surface area contributed by atoms with Crippen LogP contribution in [0.2, 0.25) is 0 Å². The molecule has 0 amide bonds. The van der Waals surface area contributed by atoms with Gasteiger partial charge in [-0.25, -0.2) is 10.4 Å². The average Bonchev–Trinajstić information content (AvgIpc) is 2.64. The van der Waals surface area contributed by atoms with Gasteiger partial charge in [0.2, 0.25) is 5.95 Å². The zero-order chi connectivity index (χ0) is 18.5. The van der Waals surface area contributed by atoms with Crippen LogP contribution < -0.4 is 11.0 Å². The van der Waals surface area contributed by atoms with E-state index in [-0.39, 0.29) is 11.5 Å². The van der Waals surface area contributed by atoms with E-state index in [2.05, 4.69) is 59.0 Å². The monoisotopic (exact) mass is 519 g/mol. The summed E-state index contributed by atoms with van der Waals surface area (Å²) in [5.41, 5.74) is 4.06. The first-order chi connectivity index (χ1) is 12.6. The Kier molecular flexibility index (Phi) is 5.80. The van der Waals surface area contributed by atoms with E-state index in [1.165, 1.54) is 0 Å². The van der Waals surface area contributed by atoms with Crippen LogP contribution in [0, 0.1) is 14.9 Å². The molecular formula is C18H11BrIN5O. The number of nitriles is 1. The lowest BCUT2D eigenvalue weighted by molar-refractivity contribution is 1.08. The summed E-state index contributed by atoms with van der Waals surface area (Å²) in [6, 6.07) is 16.8. The van der Waals surface area contributed by atoms with Crippen LogP contribution in [0.15, 0.2) is 62.9 Å². The Morgan fingerprint density at radius 3 is 2.69 bits per heavy atom. The molecule has 3 aromatic rings. The fraction of sp³-hybridized carbons (Fsp3) is 0. The number of hydrogen-bond donors (Lipinski definition) is 2. The fourth-order valence-electron chi connectivity index (χ4n) is 2.23. The van der Waals surface area contributed by atoms with Crippen LogP contribution in [0.25, 0.3) is 11.3 Å². The van der Waals surface area contributed by atoms with Crippen molar-refractivity contribution in [3.8, 4) is 17.3 Å². The standard InChI is InChI=1S/C18H11BrIN5O/c19-14-7-4-8-15(20)13(14)10-22-25-18-23-16(11-5-2-1-3-6-11)12(9-21)17(26)24-18/h1-8,10H,(H2,23,24,25,26). The number of nitrogens with one attached hydrogen (secondary N) is 2. The number of halogens is 2. The summed E-state index contributed by atoms with van der Waals surface area (Å²) in [7, 11) is 0. The van der Waals surface area contributed by atoms with E-state index in [9.17, 15) is 10.1 Å². The van der Waals surface area contributed by atoms with Crippen molar-refractivity contribution in [2.45, 2.75) is 0 Å². The number of nitrogens with zero attached hydrogens (tertiary/aromatic N) is 3. The van der Waals surface area contributed by atoms with Crippen LogP contribution in [0.4, 0.5) is 5.95 Å². The number of rotatable bonds is 4. The fourth-order valence-corrected chi connectivity index (χ4v) is 3.70. The first-order valence-corrected chi connectivity index (χ1v) is 9.30. The van der Waals surface area contributed by atoms with Crippen LogP contribution in [-0.4, -0.2) is 16.2 Å². The normalized spacial score (nSPS) is 10.7. The van der Waals surface area contributed by atoms with E-state index in [0.29, 0.717) is 11.3 Å². The molecule has 6 nitrogen and oxygen atoms in total. The summed E-state index contributed by atoms with van der Waals surface area (Å²) in [4.78, 5) is 19.0. The van der Waals surface area contributed by atoms with Crippen molar-refractivity contribution in [3.05, 3.63) is 78.1 Å². The number of hydrazone groups is 1. The van der Waals surface area contributed by atoms with Gasteiger partial charge in [-0.15, -0.1) is 0 Å². The Morgan fingerprint density at radius 2 is 2.00 bits per heavy atom. The van der Waals surface area contributed by atoms with Crippen molar-refractivity contribution < 1.29 is 0 Å². The molecule has 0 bridgehead atoms. The quantitative estimate of drug-likeness (QED) is 0.308. The van der Waals surface area contributed by atoms with E-state index in [1.807, 2.05) is 42.5 Å². The third kappa shape index (κ3) is 4.00. The van der Waals surface area contributed by atoms with Crippen molar-refractivity contribution in [2.75, 3.05) is 5.43 Å². The van der Waals surface area contributed by atoms with Crippen LogP contribution >= 0.6 is 38.5 Å². The van der Waals surface area contributed by atoms with Gasteiger partial charge in [-0.2, -0.15) is 10.4 Å². The third-order valence-electron chi connectivity index (χ3n) is 3.44. The maximum atomic E-state index is 12.2. The maximum absolute atomic E-state index is 12.2. The molecule has 1 aromatic heterocycles. The molecule has 0 radical (unpaired) electrons. The number of hydrogen-bond acceptors (Lipinski definition) is 5. The molecule has 0 aliphatic heterocycles. The summed E-state index contributed by atoms with van der Waals surface area (Å²) in [6.07, 6.45) is 1.63. The van der Waals surface area contributed by atoms with Crippen LogP contribution in [0.1, 0.15) is 11.1 Å². The van der Waals surface area contributed by atoms with Crippen molar-refractivity contribution in [1.82, 2.24) is 9.97 Å². The molecule has 3 rings (SSSR count). The van der Waals surface area contributed by atoms with Crippen molar-refractivity contribution in [3.63, 3.8) is 0 Å². The molecule has 0 unspecified atom stereocenters. The number of anilines is 1. The lowest BCUT2D eigenvalue weighted by Crippen LogP contribution is -2.16. The molecule has 1 heterocycles. The van der Waals surface area contributed by atoms with Crippen LogP contribution in [0.3, 0.4) is 0 Å². The Bertz CT molecular complexity index is 1050. The molecule has 0 spiro atoms. The predicted octanol–water partition coefficient (Wildman–Crippen LogP) is 4.12. The van der Waals surface area contributed by atoms with Gasteiger partial charge in [0, 0.05) is 19.2 Å². The van der Waals surface area contributed by atoms with E-state index in [1.54, 1.807) is 18.3 Å². The predicted molar refractivity (Wildman–Crippen MR) is 113 cm³/mol. The third-order valence-corrected chi connectivity index (χ3v) is 5.07. The molecule has 2 N–H and O–H groups in total. The second kappa shape index (κ2) is 8.25. The van der Waals surface area contributed by atoms with Gasteiger partial charge in [-0.1, -0.05) is 52.3 Å². The second-order valence-corrected chi connectivity index (χ2v) is 7.14. The first-order valence-electron chi connectivity index (χ1n) is 7.43. The molecular weight excluding hydrogens is 509 g/mol. The molecule has 0 fully saturated rings. The second-order valence-electron chi connectivity index (χ2n) is 5.12. The largest absolute Gasteiger partial charge is 0.290 e. The molecule has 0 saturated heterocycles. The Hall–Kier alpha value is -2.51. The van der Waals surface area contributed by atoms with E-state index in [0.717, 1.165) is 13.6 Å². The van der Waals surface area contributed by atoms with Crippen molar-refractivity contribution >= 4 is 50.7 Å². The van der Waals surface area contributed by atoms with Gasteiger partial charge in [-0.05, 0) is 34.7 Å². The summed E-state index contributed by atoms with van der Waals surface area (Å²) >= 11 is 5.68. The summed E-state index contributed by atoms with van der Waals surface area (Å²) in [5.74, 6) is 0.158. The minimum Gasteiger partial charge on any atom is -0.290 e. The molecule has 0 saturated carbocycles. The summed E-state index contributed by atoms with van der Waals surface area (Å²) < 4.78 is 1.93. The van der Waals surface area contributed by atoms with Crippen LogP contribution in [0.5, 0.6) is 0 Å². The Labute approximate surface area is 171 Å². The van der Waals surface area contributed by atoms with E-state index >= 15 is 0 Å². The highest BCUT2D eigenvalue weighted by molar-refractivity contribution is 14.1. The molecule has 0 aliphatic carbocycles. The first kappa shape index (κ1) is 18.3. The Morgan fingerprint density at radius 1 is 1.23 bits per heavy atom. The molecule has 128 valence electrons. The molecule has 0 atom stereocenters. The van der Waals surface area contributed by atoms with E-state index in [4.69, 9.17) is 0 Å². The zero-order valence-electron chi connectivity index (χ0n) is 13.2. The van der Waals surface area contributed by atoms with Crippen molar-refractivity contribution in [2.24, 2.45) is 5.10 Å². The summed E-state index contributed by atoms with van der Waals surface area (Å²) in [6.45, 7) is 0. The number of aromatic amines is 1. The molecule has 8 heteroatoms. The zero-order valence-corrected chi connectivity index (χ0v) is 16.9. The van der Waals surface area contributed by atoms with Gasteiger partial charge in [0.25, 0.3) is 5.56 Å². The highest BCUT2D eigenvalue weighted by Crippen LogP contribution is 2.21. The molecule has 0 aliphatic rings. The average molecular weight is 520 g/mol.